The Labute approximate surface area is 206 Å². The standard InChI is InChI=1S/C30H32O5/c1-2-23(24(27-19-33-15-16-34-27)17-20-9-5-3-6-10-20)26-18-25(31)29(30(32)35-26)28(22-13-14-22)21-11-7-4-8-12-21/h3-5,7-9,11-12,15-16,18-19,22-24,28,31H,2,6,10,13-14,17H2,1H3. The maximum absolute atomic E-state index is 13.4. The van der Waals surface area contributed by atoms with Gasteiger partial charge in [-0.1, -0.05) is 61.1 Å². The molecule has 2 heterocycles. The molecule has 3 aliphatic rings. The first-order valence-electron chi connectivity index (χ1n) is 12.6. The van der Waals surface area contributed by atoms with Crippen molar-refractivity contribution in [2.75, 3.05) is 0 Å². The van der Waals surface area contributed by atoms with Crippen LogP contribution in [-0.4, -0.2) is 5.11 Å². The summed E-state index contributed by atoms with van der Waals surface area (Å²) in [6.45, 7) is 2.06. The Morgan fingerprint density at radius 3 is 2.57 bits per heavy atom. The average Bonchev–Trinajstić information content (AvgIpc) is 3.73. The lowest BCUT2D eigenvalue weighted by Gasteiger charge is -2.29. The smallest absolute Gasteiger partial charge is 0.343 e. The summed E-state index contributed by atoms with van der Waals surface area (Å²) in [5.74, 6) is 1.14. The Balaban J connectivity index is 1.51. The van der Waals surface area contributed by atoms with Crippen LogP contribution in [0.4, 0.5) is 0 Å². The Bertz CT molecular complexity index is 1210. The summed E-state index contributed by atoms with van der Waals surface area (Å²) in [6, 6.07) is 11.6. The highest BCUT2D eigenvalue weighted by Crippen LogP contribution is 2.48. The summed E-state index contributed by atoms with van der Waals surface area (Å²) in [6.07, 6.45) is 16.6. The van der Waals surface area contributed by atoms with Crippen LogP contribution in [0.5, 0.6) is 5.75 Å². The summed E-state index contributed by atoms with van der Waals surface area (Å²) in [4.78, 5) is 13.4. The Kier molecular flexibility index (Phi) is 6.94. The largest absolute Gasteiger partial charge is 0.507 e. The van der Waals surface area contributed by atoms with Gasteiger partial charge in [-0.15, -0.1) is 0 Å². The molecule has 3 unspecified atom stereocenters. The van der Waals surface area contributed by atoms with Crippen molar-refractivity contribution in [3.05, 3.63) is 112 Å². The molecule has 35 heavy (non-hydrogen) atoms. The van der Waals surface area contributed by atoms with Crippen LogP contribution in [0.2, 0.25) is 0 Å². The molecule has 5 heteroatoms. The van der Waals surface area contributed by atoms with E-state index in [1.165, 1.54) is 18.1 Å². The first-order valence-corrected chi connectivity index (χ1v) is 12.6. The Morgan fingerprint density at radius 2 is 1.94 bits per heavy atom. The monoisotopic (exact) mass is 472 g/mol. The van der Waals surface area contributed by atoms with Gasteiger partial charge in [-0.25, -0.2) is 4.79 Å². The molecule has 0 saturated heterocycles. The predicted molar refractivity (Wildman–Crippen MR) is 135 cm³/mol. The molecule has 5 rings (SSSR count). The first-order chi connectivity index (χ1) is 17.2. The number of hydrogen-bond acceptors (Lipinski definition) is 5. The van der Waals surface area contributed by atoms with Gasteiger partial charge < -0.3 is 19.0 Å². The van der Waals surface area contributed by atoms with Gasteiger partial charge in [0.2, 0.25) is 0 Å². The van der Waals surface area contributed by atoms with E-state index in [4.69, 9.17) is 13.9 Å². The topological polar surface area (TPSA) is 68.9 Å². The highest BCUT2D eigenvalue weighted by molar-refractivity contribution is 5.42. The molecule has 1 aromatic heterocycles. The van der Waals surface area contributed by atoms with Crippen molar-refractivity contribution in [3.63, 3.8) is 0 Å². The Morgan fingerprint density at radius 1 is 1.11 bits per heavy atom. The van der Waals surface area contributed by atoms with Crippen molar-refractivity contribution in [2.45, 2.75) is 57.3 Å². The van der Waals surface area contributed by atoms with E-state index in [1.807, 2.05) is 30.3 Å². The third-order valence-corrected chi connectivity index (χ3v) is 7.31. The van der Waals surface area contributed by atoms with E-state index in [0.717, 1.165) is 37.7 Å². The minimum absolute atomic E-state index is 0.0173. The Hall–Kier alpha value is -3.47. The van der Waals surface area contributed by atoms with Crippen molar-refractivity contribution in [1.29, 1.82) is 0 Å². The number of allylic oxidation sites excluding steroid dienone is 5. The van der Waals surface area contributed by atoms with Crippen LogP contribution in [0.1, 0.15) is 74.2 Å². The molecule has 5 nitrogen and oxygen atoms in total. The van der Waals surface area contributed by atoms with Crippen molar-refractivity contribution in [3.8, 4) is 5.75 Å². The molecule has 0 bridgehead atoms. The van der Waals surface area contributed by atoms with Gasteiger partial charge in [0.1, 0.15) is 36.1 Å². The molecule has 1 aromatic carbocycles. The molecule has 1 saturated carbocycles. The molecule has 1 N–H and O–H groups in total. The van der Waals surface area contributed by atoms with Gasteiger partial charge in [-0.2, -0.15) is 0 Å². The lowest BCUT2D eigenvalue weighted by atomic mass is 9.80. The normalized spacial score (nSPS) is 19.7. The van der Waals surface area contributed by atoms with E-state index in [0.29, 0.717) is 29.4 Å². The molecule has 1 aliphatic heterocycles. The van der Waals surface area contributed by atoms with Crippen molar-refractivity contribution in [1.82, 2.24) is 0 Å². The van der Waals surface area contributed by atoms with Gasteiger partial charge >= 0.3 is 5.63 Å². The minimum atomic E-state index is -0.451. The highest BCUT2D eigenvalue weighted by Gasteiger charge is 2.38. The maximum atomic E-state index is 13.4. The molecule has 1 fully saturated rings. The summed E-state index contributed by atoms with van der Waals surface area (Å²) < 4.78 is 17.2. The van der Waals surface area contributed by atoms with Gasteiger partial charge in [0.15, 0.2) is 0 Å². The minimum Gasteiger partial charge on any atom is -0.507 e. The first kappa shape index (κ1) is 23.3. The van der Waals surface area contributed by atoms with E-state index < -0.39 is 5.63 Å². The van der Waals surface area contributed by atoms with E-state index >= 15 is 0 Å². The van der Waals surface area contributed by atoms with Gasteiger partial charge in [-0.3, -0.25) is 0 Å². The molecule has 182 valence electrons. The highest BCUT2D eigenvalue weighted by atomic mass is 16.5. The van der Waals surface area contributed by atoms with E-state index in [-0.39, 0.29) is 23.5 Å². The van der Waals surface area contributed by atoms with Gasteiger partial charge in [0.05, 0.1) is 5.56 Å². The predicted octanol–water partition coefficient (Wildman–Crippen LogP) is 7.02. The number of benzene rings is 1. The zero-order valence-corrected chi connectivity index (χ0v) is 20.1. The molecular weight excluding hydrogens is 440 g/mol. The summed E-state index contributed by atoms with van der Waals surface area (Å²) in [5, 5.41) is 11.2. The third-order valence-electron chi connectivity index (χ3n) is 7.31. The summed E-state index contributed by atoms with van der Waals surface area (Å²) in [7, 11) is 0. The maximum Gasteiger partial charge on any atom is 0.343 e. The van der Waals surface area contributed by atoms with Crippen molar-refractivity contribution < 1.29 is 19.0 Å². The molecule has 2 aromatic rings. The number of rotatable bonds is 9. The molecule has 0 radical (unpaired) electrons. The second kappa shape index (κ2) is 10.4. The van der Waals surface area contributed by atoms with Crippen molar-refractivity contribution in [2.24, 2.45) is 11.8 Å². The number of hydrogen-bond donors (Lipinski definition) is 1. The van der Waals surface area contributed by atoms with Crippen LogP contribution in [0, 0.1) is 11.8 Å². The van der Waals surface area contributed by atoms with Crippen LogP contribution in [-0.2, 0) is 9.47 Å². The lowest BCUT2D eigenvalue weighted by molar-refractivity contribution is 0.195. The molecule has 0 amide bonds. The van der Waals surface area contributed by atoms with Crippen LogP contribution < -0.4 is 5.63 Å². The van der Waals surface area contributed by atoms with E-state index in [1.54, 1.807) is 12.3 Å². The summed E-state index contributed by atoms with van der Waals surface area (Å²) in [5.41, 5.74) is 2.27. The molecule has 3 atom stereocenters. The zero-order chi connectivity index (χ0) is 24.2. The number of ether oxygens (including phenoxy) is 2. The molecule has 0 spiro atoms. The van der Waals surface area contributed by atoms with Crippen LogP contribution in [0.25, 0.3) is 0 Å². The van der Waals surface area contributed by atoms with Crippen LogP contribution >= 0.6 is 0 Å². The van der Waals surface area contributed by atoms with Gasteiger partial charge in [0, 0.05) is 23.8 Å². The fourth-order valence-corrected chi connectivity index (χ4v) is 5.42. The van der Waals surface area contributed by atoms with E-state index in [9.17, 15) is 9.90 Å². The molecule has 2 aliphatic carbocycles. The lowest BCUT2D eigenvalue weighted by Crippen LogP contribution is -2.22. The van der Waals surface area contributed by atoms with Crippen LogP contribution in [0.3, 0.4) is 0 Å². The number of aromatic hydroxyl groups is 1. The summed E-state index contributed by atoms with van der Waals surface area (Å²) >= 11 is 0. The fraction of sp³-hybridized carbons (Fsp3) is 0.367. The van der Waals surface area contributed by atoms with Gasteiger partial charge in [0.25, 0.3) is 0 Å². The average molecular weight is 473 g/mol. The second-order valence-electron chi connectivity index (χ2n) is 9.62. The quantitative estimate of drug-likeness (QED) is 0.425. The molecular formula is C30H32O5. The fourth-order valence-electron chi connectivity index (χ4n) is 5.42. The van der Waals surface area contributed by atoms with Crippen LogP contribution in [0.15, 0.2) is 94.0 Å². The third kappa shape index (κ3) is 5.14. The SMILES string of the molecule is CCC(c1cc(O)c(C(c2ccccc2)C2CC2)c(=O)o1)C(CC1=CC=CCC1)C1=COC=CO1. The second-order valence-corrected chi connectivity index (χ2v) is 9.62. The van der Waals surface area contributed by atoms with E-state index in [2.05, 4.69) is 25.2 Å². The van der Waals surface area contributed by atoms with Gasteiger partial charge in [-0.05, 0) is 50.0 Å². The van der Waals surface area contributed by atoms with Crippen molar-refractivity contribution >= 4 is 0 Å². The zero-order valence-electron chi connectivity index (χ0n) is 20.1.